The Morgan fingerprint density at radius 1 is 1.33 bits per heavy atom. The van der Waals surface area contributed by atoms with E-state index in [1.807, 2.05) is 37.2 Å². The second-order valence-electron chi connectivity index (χ2n) is 2.85. The van der Waals surface area contributed by atoms with Gasteiger partial charge in [-0.2, -0.15) is 4.52 Å². The number of hydrogen-bond acceptors (Lipinski definition) is 3. The minimum atomic E-state index is 1.02. The summed E-state index contributed by atoms with van der Waals surface area (Å²) in [6.45, 7) is 0. The zero-order valence-electron chi connectivity index (χ0n) is 7.10. The van der Waals surface area contributed by atoms with Crippen LogP contribution in [0.1, 0.15) is 0 Å². The van der Waals surface area contributed by atoms with Crippen LogP contribution in [0.3, 0.4) is 0 Å². The first-order valence-corrected chi connectivity index (χ1v) is 3.76. The maximum absolute atomic E-state index is 3.96. The van der Waals surface area contributed by atoms with Crippen molar-refractivity contribution in [2.45, 2.75) is 0 Å². The van der Waals surface area contributed by atoms with Crippen LogP contribution in [0.5, 0.6) is 0 Å². The highest BCUT2D eigenvalue weighted by molar-refractivity contribution is 5.52. The minimum absolute atomic E-state index is 1.02. The Bertz CT molecular complexity index is 391. The third-order valence-corrected chi connectivity index (χ3v) is 1.76. The molecule has 0 aromatic carbocycles. The smallest absolute Gasteiger partial charge is 0.132 e. The van der Waals surface area contributed by atoms with Gasteiger partial charge in [0.05, 0.1) is 11.7 Å². The van der Waals surface area contributed by atoms with Crippen molar-refractivity contribution in [1.82, 2.24) is 14.8 Å². The molecule has 2 aromatic rings. The van der Waals surface area contributed by atoms with Crippen molar-refractivity contribution in [2.75, 3.05) is 19.0 Å². The van der Waals surface area contributed by atoms with Gasteiger partial charge >= 0.3 is 0 Å². The first kappa shape index (κ1) is 7.09. The van der Waals surface area contributed by atoms with Crippen LogP contribution in [-0.4, -0.2) is 28.9 Å². The predicted octanol–water partition coefficient (Wildman–Crippen LogP) is 0.795. The van der Waals surface area contributed by atoms with Crippen LogP contribution in [0, 0.1) is 0 Å². The van der Waals surface area contributed by atoms with Crippen LogP contribution in [-0.2, 0) is 0 Å². The summed E-state index contributed by atoms with van der Waals surface area (Å²) in [5.41, 5.74) is 1.02. The molecule has 62 valence electrons. The van der Waals surface area contributed by atoms with Crippen molar-refractivity contribution in [3.8, 4) is 0 Å². The van der Waals surface area contributed by atoms with E-state index in [0.29, 0.717) is 0 Å². The van der Waals surface area contributed by atoms with Crippen molar-refractivity contribution in [3.63, 3.8) is 0 Å². The van der Waals surface area contributed by atoms with Gasteiger partial charge in [-0.1, -0.05) is 11.3 Å². The molecule has 0 saturated carbocycles. The van der Waals surface area contributed by atoms with Gasteiger partial charge in [-0.05, 0) is 12.1 Å². The summed E-state index contributed by atoms with van der Waals surface area (Å²) in [5.74, 6) is 1.03. The molecule has 0 atom stereocenters. The SMILES string of the molecule is CN(C)c1cccc2cnnn12. The molecule has 4 heteroatoms. The van der Waals surface area contributed by atoms with E-state index in [0.717, 1.165) is 11.3 Å². The fourth-order valence-corrected chi connectivity index (χ4v) is 1.18. The third kappa shape index (κ3) is 0.922. The van der Waals surface area contributed by atoms with Gasteiger partial charge in [0.1, 0.15) is 5.82 Å². The van der Waals surface area contributed by atoms with Crippen molar-refractivity contribution >= 4 is 11.3 Å². The second-order valence-corrected chi connectivity index (χ2v) is 2.85. The van der Waals surface area contributed by atoms with Gasteiger partial charge < -0.3 is 4.90 Å². The van der Waals surface area contributed by atoms with Gasteiger partial charge in [-0.25, -0.2) is 0 Å². The minimum Gasteiger partial charge on any atom is -0.363 e. The molecule has 0 fully saturated rings. The molecule has 0 radical (unpaired) electrons. The molecule has 0 N–H and O–H groups in total. The molecule has 0 aliphatic rings. The lowest BCUT2D eigenvalue weighted by Gasteiger charge is -2.12. The van der Waals surface area contributed by atoms with Crippen LogP contribution in [0.2, 0.25) is 0 Å². The zero-order chi connectivity index (χ0) is 8.55. The second kappa shape index (κ2) is 2.48. The van der Waals surface area contributed by atoms with Gasteiger partial charge in [0.2, 0.25) is 0 Å². The topological polar surface area (TPSA) is 33.4 Å². The number of nitrogens with zero attached hydrogens (tertiary/aromatic N) is 4. The Morgan fingerprint density at radius 3 is 2.92 bits per heavy atom. The molecule has 4 nitrogen and oxygen atoms in total. The maximum atomic E-state index is 3.96. The van der Waals surface area contributed by atoms with E-state index in [2.05, 4.69) is 10.3 Å². The van der Waals surface area contributed by atoms with E-state index >= 15 is 0 Å². The Morgan fingerprint density at radius 2 is 2.17 bits per heavy atom. The molecule has 0 bridgehead atoms. The number of aromatic nitrogens is 3. The van der Waals surface area contributed by atoms with E-state index in [9.17, 15) is 0 Å². The lowest BCUT2D eigenvalue weighted by atomic mass is 10.4. The van der Waals surface area contributed by atoms with Crippen molar-refractivity contribution in [1.29, 1.82) is 0 Å². The summed E-state index contributed by atoms with van der Waals surface area (Å²) in [7, 11) is 3.97. The van der Waals surface area contributed by atoms with Crippen LogP contribution < -0.4 is 4.90 Å². The summed E-state index contributed by atoms with van der Waals surface area (Å²) in [6, 6.07) is 5.97. The van der Waals surface area contributed by atoms with Crippen molar-refractivity contribution in [2.24, 2.45) is 0 Å². The number of hydrogen-bond donors (Lipinski definition) is 0. The molecular formula is C8H10N4. The molecule has 0 unspecified atom stereocenters. The summed E-state index contributed by atoms with van der Waals surface area (Å²) < 4.78 is 1.81. The summed E-state index contributed by atoms with van der Waals surface area (Å²) in [4.78, 5) is 2.00. The Hall–Kier alpha value is -1.58. The number of fused-ring (bicyclic) bond motifs is 1. The first-order chi connectivity index (χ1) is 5.79. The third-order valence-electron chi connectivity index (χ3n) is 1.76. The van der Waals surface area contributed by atoms with Crippen LogP contribution >= 0.6 is 0 Å². The maximum Gasteiger partial charge on any atom is 0.132 e. The van der Waals surface area contributed by atoms with E-state index in [1.54, 1.807) is 10.7 Å². The fraction of sp³-hybridized carbons (Fsp3) is 0.250. The molecule has 0 amide bonds. The lowest BCUT2D eigenvalue weighted by Crippen LogP contribution is -2.13. The predicted molar refractivity (Wildman–Crippen MR) is 47.3 cm³/mol. The molecule has 0 spiro atoms. The Balaban J connectivity index is 2.73. The average molecular weight is 162 g/mol. The quantitative estimate of drug-likeness (QED) is 0.621. The number of anilines is 1. The van der Waals surface area contributed by atoms with E-state index in [4.69, 9.17) is 0 Å². The highest BCUT2D eigenvalue weighted by atomic mass is 15.4. The largest absolute Gasteiger partial charge is 0.363 e. The standard InChI is InChI=1S/C8H10N4/c1-11(2)8-5-3-4-7-6-9-10-12(7)8/h3-6H,1-2H3. The summed E-state index contributed by atoms with van der Waals surface area (Å²) >= 11 is 0. The highest BCUT2D eigenvalue weighted by Crippen LogP contribution is 2.11. The Labute approximate surface area is 70.4 Å². The zero-order valence-corrected chi connectivity index (χ0v) is 7.10. The van der Waals surface area contributed by atoms with Gasteiger partial charge in [-0.15, -0.1) is 5.10 Å². The lowest BCUT2D eigenvalue weighted by molar-refractivity contribution is 0.836. The number of pyridine rings is 1. The summed E-state index contributed by atoms with van der Waals surface area (Å²) in [6.07, 6.45) is 1.74. The van der Waals surface area contributed by atoms with Gasteiger partial charge in [0, 0.05) is 14.1 Å². The molecule has 2 rings (SSSR count). The molecular weight excluding hydrogens is 152 g/mol. The average Bonchev–Trinajstić information content (AvgIpc) is 2.49. The monoisotopic (exact) mass is 162 g/mol. The van der Waals surface area contributed by atoms with Gasteiger partial charge in [0.15, 0.2) is 0 Å². The first-order valence-electron chi connectivity index (χ1n) is 3.76. The van der Waals surface area contributed by atoms with Crippen molar-refractivity contribution in [3.05, 3.63) is 24.4 Å². The van der Waals surface area contributed by atoms with E-state index < -0.39 is 0 Å². The van der Waals surface area contributed by atoms with Crippen LogP contribution in [0.4, 0.5) is 5.82 Å². The van der Waals surface area contributed by atoms with Crippen molar-refractivity contribution < 1.29 is 0 Å². The molecule has 0 saturated heterocycles. The normalized spacial score (nSPS) is 10.5. The van der Waals surface area contributed by atoms with Crippen LogP contribution in [0.15, 0.2) is 24.4 Å². The molecule has 0 aliphatic heterocycles. The molecule has 2 aromatic heterocycles. The number of rotatable bonds is 1. The van der Waals surface area contributed by atoms with E-state index in [1.165, 1.54) is 0 Å². The van der Waals surface area contributed by atoms with Crippen LogP contribution in [0.25, 0.3) is 5.52 Å². The van der Waals surface area contributed by atoms with E-state index in [-0.39, 0.29) is 0 Å². The van der Waals surface area contributed by atoms with Gasteiger partial charge in [-0.3, -0.25) is 0 Å². The summed E-state index contributed by atoms with van der Waals surface area (Å²) in [5, 5.41) is 7.80. The molecule has 0 aliphatic carbocycles. The fourth-order valence-electron chi connectivity index (χ4n) is 1.18. The highest BCUT2D eigenvalue weighted by Gasteiger charge is 2.01. The molecule has 2 heterocycles. The Kier molecular flexibility index (Phi) is 1.46. The van der Waals surface area contributed by atoms with Gasteiger partial charge in [0.25, 0.3) is 0 Å². The molecule has 12 heavy (non-hydrogen) atoms.